The van der Waals surface area contributed by atoms with Crippen LogP contribution < -0.4 is 5.32 Å². The van der Waals surface area contributed by atoms with Crippen LogP contribution in [0.25, 0.3) is 0 Å². The van der Waals surface area contributed by atoms with Crippen molar-refractivity contribution >= 4 is 11.9 Å². The monoisotopic (exact) mass is 423 g/mol. The molecule has 1 aliphatic heterocycles. The molecule has 2 rings (SSSR count). The Morgan fingerprint density at radius 2 is 1.59 bits per heavy atom. The highest BCUT2D eigenvalue weighted by Gasteiger charge is 2.43. The van der Waals surface area contributed by atoms with Crippen molar-refractivity contribution in [3.05, 3.63) is 57.7 Å². The Morgan fingerprint density at radius 3 is 2.10 bits per heavy atom. The van der Waals surface area contributed by atoms with Crippen molar-refractivity contribution in [3.63, 3.8) is 0 Å². The molecule has 1 heterocycles. The molecule has 29 heavy (non-hydrogen) atoms. The normalized spacial score (nSPS) is 17.2. The Kier molecular flexibility index (Phi) is 6.29. The third kappa shape index (κ3) is 4.22. The molecule has 0 aromatic heterocycles. The predicted molar refractivity (Wildman–Crippen MR) is 86.6 cm³/mol. The highest BCUT2D eigenvalue weighted by Crippen LogP contribution is 2.41. The van der Waals surface area contributed by atoms with Gasteiger partial charge in [-0.05, 0) is 19.9 Å². The van der Waals surface area contributed by atoms with Gasteiger partial charge >= 0.3 is 18.0 Å². The number of esters is 2. The van der Waals surface area contributed by atoms with Crippen LogP contribution in [0.1, 0.15) is 25.3 Å². The maximum atomic E-state index is 14.5. The van der Waals surface area contributed by atoms with E-state index in [4.69, 9.17) is 0 Å². The SMILES string of the molecule is COC(=O)C1=C(C)NC(C)=C(C(=O)OC(F)(F)CF)C1c1ccc(F)c(F)c1F. The number of allylic oxidation sites excluding steroid dienone is 2. The van der Waals surface area contributed by atoms with E-state index in [1.165, 1.54) is 13.8 Å². The molecule has 5 nitrogen and oxygen atoms in total. The third-order valence-corrected chi connectivity index (χ3v) is 4.16. The average Bonchev–Trinajstić information content (AvgIpc) is 2.64. The van der Waals surface area contributed by atoms with Gasteiger partial charge in [-0.1, -0.05) is 6.07 Å². The van der Waals surface area contributed by atoms with Crippen molar-refractivity contribution in [2.75, 3.05) is 13.8 Å². The minimum absolute atomic E-state index is 0.0392. The van der Waals surface area contributed by atoms with Gasteiger partial charge in [0.1, 0.15) is 0 Å². The fourth-order valence-corrected chi connectivity index (χ4v) is 2.94. The molecule has 1 atom stereocenters. The van der Waals surface area contributed by atoms with Crippen LogP contribution in [0, 0.1) is 17.5 Å². The van der Waals surface area contributed by atoms with E-state index < -0.39 is 64.8 Å². The van der Waals surface area contributed by atoms with Gasteiger partial charge in [0, 0.05) is 17.0 Å². The predicted octanol–water partition coefficient (Wildman–Crippen LogP) is 3.62. The lowest BCUT2D eigenvalue weighted by molar-refractivity contribution is -0.235. The molecule has 1 unspecified atom stereocenters. The lowest BCUT2D eigenvalue weighted by Gasteiger charge is -2.31. The van der Waals surface area contributed by atoms with Gasteiger partial charge in [0.25, 0.3) is 0 Å². The molecule has 0 saturated heterocycles. The van der Waals surface area contributed by atoms with E-state index in [0.29, 0.717) is 6.07 Å². The number of methoxy groups -OCH3 is 1. The highest BCUT2D eigenvalue weighted by molar-refractivity contribution is 6.00. The Morgan fingerprint density at radius 1 is 1.03 bits per heavy atom. The van der Waals surface area contributed by atoms with Gasteiger partial charge in [-0.15, -0.1) is 0 Å². The van der Waals surface area contributed by atoms with Crippen LogP contribution >= 0.6 is 0 Å². The van der Waals surface area contributed by atoms with E-state index in [-0.39, 0.29) is 11.4 Å². The van der Waals surface area contributed by atoms with E-state index in [1.807, 2.05) is 0 Å². The number of halogens is 6. The van der Waals surface area contributed by atoms with Crippen LogP contribution in [0.5, 0.6) is 0 Å². The summed E-state index contributed by atoms with van der Waals surface area (Å²) in [5, 5.41) is 2.55. The Hall–Kier alpha value is -2.98. The maximum Gasteiger partial charge on any atom is 0.429 e. The van der Waals surface area contributed by atoms with Crippen molar-refractivity contribution < 1.29 is 45.4 Å². The van der Waals surface area contributed by atoms with E-state index in [1.54, 1.807) is 0 Å². The van der Waals surface area contributed by atoms with Gasteiger partial charge in [-0.2, -0.15) is 8.78 Å². The van der Waals surface area contributed by atoms with Crippen LogP contribution in [0.4, 0.5) is 26.3 Å². The molecule has 1 N–H and O–H groups in total. The van der Waals surface area contributed by atoms with Crippen molar-refractivity contribution in [2.45, 2.75) is 25.9 Å². The van der Waals surface area contributed by atoms with E-state index in [2.05, 4.69) is 14.8 Å². The first-order valence-corrected chi connectivity index (χ1v) is 8.02. The van der Waals surface area contributed by atoms with Crippen molar-refractivity contribution in [3.8, 4) is 0 Å². The van der Waals surface area contributed by atoms with Crippen molar-refractivity contribution in [1.82, 2.24) is 5.32 Å². The number of nitrogens with one attached hydrogen (secondary N) is 1. The summed E-state index contributed by atoms with van der Waals surface area (Å²) in [6.45, 7) is 0.215. The molecule has 11 heteroatoms. The highest BCUT2D eigenvalue weighted by atomic mass is 19.3. The molecule has 0 radical (unpaired) electrons. The third-order valence-electron chi connectivity index (χ3n) is 4.16. The van der Waals surface area contributed by atoms with Crippen molar-refractivity contribution in [2.24, 2.45) is 0 Å². The number of hydrogen-bond donors (Lipinski definition) is 1. The smallest absolute Gasteiger partial charge is 0.429 e. The minimum Gasteiger partial charge on any atom is -0.466 e. The number of carbonyl (C=O) groups excluding carboxylic acids is 2. The second kappa shape index (κ2) is 8.18. The fourth-order valence-electron chi connectivity index (χ4n) is 2.94. The molecular weight excluding hydrogens is 408 g/mol. The second-order valence-corrected chi connectivity index (χ2v) is 6.05. The van der Waals surface area contributed by atoms with Gasteiger partial charge in [0.15, 0.2) is 24.1 Å². The number of alkyl halides is 3. The number of carbonyl (C=O) groups is 2. The number of dihydropyridines is 1. The summed E-state index contributed by atoms with van der Waals surface area (Å²) in [4.78, 5) is 24.6. The van der Waals surface area contributed by atoms with Gasteiger partial charge in [-0.25, -0.2) is 27.2 Å². The molecule has 158 valence electrons. The summed E-state index contributed by atoms with van der Waals surface area (Å²) in [5.74, 6) is -9.88. The standard InChI is InChI=1S/C18H15F6NO4/c1-7-11(16(26)28-3)13(9-4-5-10(20)15(22)14(9)21)12(8(2)25-7)17(27)29-18(23,24)6-19/h4-5,13,25H,6H2,1-3H3. The number of ether oxygens (including phenoxy) is 2. The number of rotatable bonds is 5. The Labute approximate surface area is 161 Å². The van der Waals surface area contributed by atoms with Gasteiger partial charge in [-0.3, -0.25) is 0 Å². The summed E-state index contributed by atoms with van der Waals surface area (Å²) in [7, 11) is 0.960. The summed E-state index contributed by atoms with van der Waals surface area (Å²) in [6, 6.07) is 1.28. The second-order valence-electron chi connectivity index (χ2n) is 6.05. The number of hydrogen-bond acceptors (Lipinski definition) is 5. The molecule has 0 spiro atoms. The number of benzene rings is 1. The van der Waals surface area contributed by atoms with Crippen LogP contribution in [-0.2, 0) is 19.1 Å². The van der Waals surface area contributed by atoms with Crippen molar-refractivity contribution in [1.29, 1.82) is 0 Å². The molecule has 1 aromatic carbocycles. The van der Waals surface area contributed by atoms with Crippen LogP contribution in [0.2, 0.25) is 0 Å². The summed E-state index contributed by atoms with van der Waals surface area (Å²) < 4.78 is 89.0. The quantitative estimate of drug-likeness (QED) is 0.445. The average molecular weight is 423 g/mol. The molecule has 0 amide bonds. The van der Waals surface area contributed by atoms with E-state index >= 15 is 0 Å². The van der Waals surface area contributed by atoms with E-state index in [9.17, 15) is 35.9 Å². The lowest BCUT2D eigenvalue weighted by atomic mass is 9.80. The Balaban J connectivity index is 2.74. The molecule has 1 aromatic rings. The zero-order valence-electron chi connectivity index (χ0n) is 15.3. The molecular formula is C18H15F6NO4. The van der Waals surface area contributed by atoms with Gasteiger partial charge < -0.3 is 14.8 Å². The summed E-state index contributed by atoms with van der Waals surface area (Å²) >= 11 is 0. The summed E-state index contributed by atoms with van der Waals surface area (Å²) in [6.07, 6.45) is -4.50. The molecule has 1 aliphatic rings. The maximum absolute atomic E-state index is 14.5. The first kappa shape index (κ1) is 22.3. The van der Waals surface area contributed by atoms with E-state index in [0.717, 1.165) is 13.2 Å². The topological polar surface area (TPSA) is 64.6 Å². The first-order valence-electron chi connectivity index (χ1n) is 8.02. The molecule has 0 saturated carbocycles. The molecule has 0 bridgehead atoms. The zero-order chi connectivity index (χ0) is 22.1. The fraction of sp³-hybridized carbons (Fsp3) is 0.333. The van der Waals surface area contributed by atoms with Crippen LogP contribution in [-0.4, -0.2) is 31.8 Å². The Bertz CT molecular complexity index is 925. The zero-order valence-corrected chi connectivity index (χ0v) is 15.3. The minimum atomic E-state index is -4.50. The molecule has 0 aliphatic carbocycles. The molecule has 0 fully saturated rings. The van der Waals surface area contributed by atoms with Gasteiger partial charge in [0.2, 0.25) is 0 Å². The summed E-state index contributed by atoms with van der Waals surface area (Å²) in [5.41, 5.74) is -1.98. The first-order chi connectivity index (χ1) is 13.4. The van der Waals surface area contributed by atoms with Crippen LogP contribution in [0.15, 0.2) is 34.7 Å². The largest absolute Gasteiger partial charge is 0.466 e. The van der Waals surface area contributed by atoms with Crippen LogP contribution in [0.3, 0.4) is 0 Å². The lowest BCUT2D eigenvalue weighted by Crippen LogP contribution is -2.36. The van der Waals surface area contributed by atoms with Gasteiger partial charge in [0.05, 0.1) is 24.2 Å².